The molecule has 2 nitrogen and oxygen atoms in total. The first-order valence-corrected chi connectivity index (χ1v) is 12.4. The summed E-state index contributed by atoms with van der Waals surface area (Å²) < 4.78 is 0. The van der Waals surface area contributed by atoms with Gasteiger partial charge in [-0.05, 0) is 51.0 Å². The summed E-state index contributed by atoms with van der Waals surface area (Å²) in [6.07, 6.45) is 0. The van der Waals surface area contributed by atoms with E-state index in [9.17, 15) is 0 Å². The van der Waals surface area contributed by atoms with E-state index >= 15 is 0 Å². The van der Waals surface area contributed by atoms with Crippen LogP contribution in [0.3, 0.4) is 0 Å². The van der Waals surface area contributed by atoms with Crippen LogP contribution in [0.2, 0.25) is 5.28 Å². The van der Waals surface area contributed by atoms with Crippen LogP contribution < -0.4 is 0 Å². The lowest BCUT2D eigenvalue weighted by Gasteiger charge is -2.33. The molecule has 0 atom stereocenters. The molecular formula is C33H21ClN2. The normalized spacial score (nSPS) is 13.4. The van der Waals surface area contributed by atoms with Crippen molar-refractivity contribution in [2.45, 2.75) is 5.41 Å². The first kappa shape index (κ1) is 21.0. The van der Waals surface area contributed by atoms with Crippen molar-refractivity contribution in [3.8, 4) is 22.4 Å². The number of nitrogens with zero attached hydrogens (tertiary/aromatic N) is 2. The first-order chi connectivity index (χ1) is 17.8. The molecule has 1 heterocycles. The Morgan fingerprint density at radius 2 is 1.08 bits per heavy atom. The van der Waals surface area contributed by atoms with Crippen molar-refractivity contribution in [3.05, 3.63) is 155 Å². The van der Waals surface area contributed by atoms with Crippen LogP contribution in [0.1, 0.15) is 22.3 Å². The maximum atomic E-state index is 6.45. The summed E-state index contributed by atoms with van der Waals surface area (Å²) in [6, 6.07) is 45.0. The van der Waals surface area contributed by atoms with Gasteiger partial charge >= 0.3 is 0 Å². The van der Waals surface area contributed by atoms with Gasteiger partial charge in [-0.1, -0.05) is 121 Å². The monoisotopic (exact) mass is 480 g/mol. The minimum Gasteiger partial charge on any atom is -0.218 e. The molecular weight excluding hydrogens is 460 g/mol. The fourth-order valence-corrected chi connectivity index (χ4v) is 6.12. The third-order valence-corrected chi connectivity index (χ3v) is 7.48. The Balaban J connectivity index is 1.65. The van der Waals surface area contributed by atoms with E-state index in [-0.39, 0.29) is 5.28 Å². The van der Waals surface area contributed by atoms with Gasteiger partial charge in [-0.15, -0.1) is 0 Å². The number of fused-ring (bicyclic) bond motifs is 4. The second-order valence-electron chi connectivity index (χ2n) is 9.11. The Morgan fingerprint density at radius 3 is 1.83 bits per heavy atom. The Labute approximate surface area is 214 Å². The van der Waals surface area contributed by atoms with E-state index in [1.807, 2.05) is 18.2 Å². The standard InChI is InChI=1S/C33H21ClN2/c34-32-35-29-21-10-8-17-25(29)31(36-32)26-18-11-20-28-30(26)24-16-7-9-19-27(24)33(28,22-12-3-1-4-13-22)23-14-5-2-6-15-23/h1-21H. The van der Waals surface area contributed by atoms with Crippen molar-refractivity contribution in [1.82, 2.24) is 9.97 Å². The summed E-state index contributed by atoms with van der Waals surface area (Å²) in [5.41, 5.74) is 9.73. The third-order valence-electron chi connectivity index (χ3n) is 7.31. The molecule has 1 aromatic heterocycles. The average molecular weight is 481 g/mol. The minimum atomic E-state index is -0.447. The topological polar surface area (TPSA) is 25.8 Å². The number of halogens is 1. The summed E-state index contributed by atoms with van der Waals surface area (Å²) in [5.74, 6) is 0. The number of benzene rings is 5. The molecule has 0 saturated carbocycles. The van der Waals surface area contributed by atoms with Gasteiger partial charge in [-0.25, -0.2) is 9.97 Å². The molecule has 1 aliphatic rings. The molecule has 0 aliphatic heterocycles. The highest BCUT2D eigenvalue weighted by atomic mass is 35.5. The predicted octanol–water partition coefficient (Wildman–Crippen LogP) is 8.31. The van der Waals surface area contributed by atoms with E-state index in [4.69, 9.17) is 16.6 Å². The van der Waals surface area contributed by atoms with Gasteiger partial charge in [0.25, 0.3) is 0 Å². The van der Waals surface area contributed by atoms with Crippen LogP contribution in [-0.2, 0) is 5.41 Å². The van der Waals surface area contributed by atoms with Crippen LogP contribution >= 0.6 is 11.6 Å². The third kappa shape index (κ3) is 2.92. The quantitative estimate of drug-likeness (QED) is 0.237. The molecule has 3 heteroatoms. The Kier molecular flexibility index (Phi) is 4.77. The number of aromatic nitrogens is 2. The van der Waals surface area contributed by atoms with Crippen LogP contribution in [0.15, 0.2) is 127 Å². The van der Waals surface area contributed by atoms with Gasteiger partial charge in [-0.2, -0.15) is 0 Å². The lowest BCUT2D eigenvalue weighted by Crippen LogP contribution is -2.28. The number of hydrogen-bond donors (Lipinski definition) is 0. The van der Waals surface area contributed by atoms with E-state index in [1.54, 1.807) is 0 Å². The van der Waals surface area contributed by atoms with Crippen LogP contribution in [0.5, 0.6) is 0 Å². The molecule has 0 unspecified atom stereocenters. The summed E-state index contributed by atoms with van der Waals surface area (Å²) in [7, 11) is 0. The Morgan fingerprint density at radius 1 is 0.500 bits per heavy atom. The molecule has 170 valence electrons. The molecule has 0 N–H and O–H groups in total. The second-order valence-corrected chi connectivity index (χ2v) is 9.45. The predicted molar refractivity (Wildman–Crippen MR) is 147 cm³/mol. The molecule has 0 spiro atoms. The van der Waals surface area contributed by atoms with E-state index < -0.39 is 5.41 Å². The second kappa shape index (κ2) is 8.15. The van der Waals surface area contributed by atoms with Crippen molar-refractivity contribution in [3.63, 3.8) is 0 Å². The SMILES string of the molecule is Clc1nc(-c2cccc3c2-c2ccccc2C3(c2ccccc2)c2ccccc2)c2ccccc2n1. The van der Waals surface area contributed by atoms with Gasteiger partial charge in [0.15, 0.2) is 0 Å². The molecule has 0 radical (unpaired) electrons. The Bertz CT molecular complexity index is 1700. The fraction of sp³-hybridized carbons (Fsp3) is 0.0303. The van der Waals surface area contributed by atoms with Crippen molar-refractivity contribution in [1.29, 1.82) is 0 Å². The van der Waals surface area contributed by atoms with Gasteiger partial charge in [0, 0.05) is 10.9 Å². The molecule has 1 aliphatic carbocycles. The van der Waals surface area contributed by atoms with Crippen molar-refractivity contribution < 1.29 is 0 Å². The maximum Gasteiger partial charge on any atom is 0.223 e. The highest BCUT2D eigenvalue weighted by molar-refractivity contribution is 6.29. The van der Waals surface area contributed by atoms with E-state index in [1.165, 1.54) is 33.4 Å². The molecule has 5 aromatic carbocycles. The van der Waals surface area contributed by atoms with Gasteiger partial charge in [0.05, 0.1) is 16.6 Å². The van der Waals surface area contributed by atoms with Crippen LogP contribution in [0, 0.1) is 0 Å². The van der Waals surface area contributed by atoms with Gasteiger partial charge < -0.3 is 0 Å². The molecule has 0 saturated heterocycles. The highest BCUT2D eigenvalue weighted by Gasteiger charge is 2.46. The van der Waals surface area contributed by atoms with Crippen molar-refractivity contribution in [2.75, 3.05) is 0 Å². The lowest BCUT2D eigenvalue weighted by atomic mass is 9.67. The number of rotatable bonds is 3. The van der Waals surface area contributed by atoms with Crippen molar-refractivity contribution in [2.24, 2.45) is 0 Å². The van der Waals surface area contributed by atoms with Gasteiger partial charge in [0.2, 0.25) is 5.28 Å². The van der Waals surface area contributed by atoms with Crippen LogP contribution in [-0.4, -0.2) is 9.97 Å². The van der Waals surface area contributed by atoms with Crippen molar-refractivity contribution >= 4 is 22.5 Å². The minimum absolute atomic E-state index is 0.255. The van der Waals surface area contributed by atoms with Gasteiger partial charge in [0.1, 0.15) is 0 Å². The molecule has 0 fully saturated rings. The molecule has 0 bridgehead atoms. The summed E-state index contributed by atoms with van der Waals surface area (Å²) in [6.45, 7) is 0. The number of para-hydroxylation sites is 1. The van der Waals surface area contributed by atoms with E-state index in [2.05, 4.69) is 114 Å². The highest BCUT2D eigenvalue weighted by Crippen LogP contribution is 2.58. The average Bonchev–Trinajstić information content (AvgIpc) is 3.25. The summed E-state index contributed by atoms with van der Waals surface area (Å²) in [5, 5.41) is 1.25. The summed E-state index contributed by atoms with van der Waals surface area (Å²) >= 11 is 6.45. The summed E-state index contributed by atoms with van der Waals surface area (Å²) in [4.78, 5) is 9.25. The zero-order valence-electron chi connectivity index (χ0n) is 19.4. The van der Waals surface area contributed by atoms with Gasteiger partial charge in [-0.3, -0.25) is 0 Å². The zero-order valence-corrected chi connectivity index (χ0v) is 20.2. The fourth-order valence-electron chi connectivity index (χ4n) is 5.94. The lowest BCUT2D eigenvalue weighted by molar-refractivity contribution is 0.768. The molecule has 7 rings (SSSR count). The van der Waals surface area contributed by atoms with E-state index in [0.29, 0.717) is 0 Å². The number of hydrogen-bond acceptors (Lipinski definition) is 2. The van der Waals surface area contributed by atoms with Crippen LogP contribution in [0.4, 0.5) is 0 Å². The molecule has 0 amide bonds. The Hall–Kier alpha value is -4.27. The molecule has 6 aromatic rings. The smallest absolute Gasteiger partial charge is 0.218 e. The molecule has 36 heavy (non-hydrogen) atoms. The first-order valence-electron chi connectivity index (χ1n) is 12.1. The zero-order chi connectivity index (χ0) is 24.1. The van der Waals surface area contributed by atoms with Crippen LogP contribution in [0.25, 0.3) is 33.3 Å². The largest absolute Gasteiger partial charge is 0.223 e. The van der Waals surface area contributed by atoms with E-state index in [0.717, 1.165) is 22.2 Å². The maximum absolute atomic E-state index is 6.45.